The minimum absolute atomic E-state index is 0.0647. The Morgan fingerprint density at radius 3 is 2.60 bits per heavy atom. The van der Waals surface area contributed by atoms with Gasteiger partial charge in [-0.25, -0.2) is 8.78 Å². The van der Waals surface area contributed by atoms with Crippen LogP contribution >= 0.6 is 0 Å². The Kier molecular flexibility index (Phi) is 2.51. The number of nitrogens with two attached hydrogens (primary N) is 1. The second-order valence-electron chi connectivity index (χ2n) is 4.40. The van der Waals surface area contributed by atoms with E-state index in [1.54, 1.807) is 6.92 Å². The summed E-state index contributed by atoms with van der Waals surface area (Å²) in [5.41, 5.74) is 7.06. The van der Waals surface area contributed by atoms with E-state index in [0.29, 0.717) is 16.7 Å². The Bertz CT molecular complexity index is 401. The first-order valence-electron chi connectivity index (χ1n) is 5.26. The molecule has 2 atom stereocenters. The zero-order chi connectivity index (χ0) is 11.2. The fourth-order valence-electron chi connectivity index (χ4n) is 2.37. The summed E-state index contributed by atoms with van der Waals surface area (Å²) in [7, 11) is 0. The average Bonchev–Trinajstić information content (AvgIpc) is 2.18. The van der Waals surface area contributed by atoms with Crippen LogP contribution in [0.3, 0.4) is 0 Å². The maximum absolute atomic E-state index is 13.8. The van der Waals surface area contributed by atoms with Crippen LogP contribution in [0.4, 0.5) is 8.78 Å². The van der Waals surface area contributed by atoms with E-state index in [0.717, 1.165) is 12.8 Å². The first-order valence-corrected chi connectivity index (χ1v) is 5.26. The van der Waals surface area contributed by atoms with Gasteiger partial charge in [-0.1, -0.05) is 6.92 Å². The molecule has 1 aliphatic rings. The molecule has 1 unspecified atom stereocenters. The molecule has 0 fully saturated rings. The molecule has 1 nitrogen and oxygen atoms in total. The summed E-state index contributed by atoms with van der Waals surface area (Å²) in [6.45, 7) is 3.49. The van der Waals surface area contributed by atoms with E-state index in [1.807, 2.05) is 6.92 Å². The van der Waals surface area contributed by atoms with Crippen LogP contribution < -0.4 is 5.73 Å². The number of hydrogen-bond donors (Lipinski definition) is 1. The average molecular weight is 211 g/mol. The van der Waals surface area contributed by atoms with Crippen molar-refractivity contribution in [1.29, 1.82) is 0 Å². The third-order valence-electron chi connectivity index (χ3n) is 3.25. The first-order chi connectivity index (χ1) is 7.02. The second kappa shape index (κ2) is 3.56. The van der Waals surface area contributed by atoms with Crippen molar-refractivity contribution in [3.05, 3.63) is 34.4 Å². The van der Waals surface area contributed by atoms with Gasteiger partial charge >= 0.3 is 0 Å². The lowest BCUT2D eigenvalue weighted by atomic mass is 9.80. The van der Waals surface area contributed by atoms with Crippen molar-refractivity contribution >= 4 is 0 Å². The molecule has 82 valence electrons. The number of halogens is 2. The van der Waals surface area contributed by atoms with Crippen LogP contribution in [0.5, 0.6) is 0 Å². The smallest absolute Gasteiger partial charge is 0.131 e. The molecule has 0 amide bonds. The van der Waals surface area contributed by atoms with Crippen molar-refractivity contribution in [3.8, 4) is 0 Å². The van der Waals surface area contributed by atoms with Crippen LogP contribution in [0, 0.1) is 18.6 Å². The Hall–Kier alpha value is -0.960. The summed E-state index contributed by atoms with van der Waals surface area (Å²) in [6.07, 6.45) is 1.56. The summed E-state index contributed by atoms with van der Waals surface area (Å²) in [4.78, 5) is 0. The van der Waals surface area contributed by atoms with Gasteiger partial charge in [-0.05, 0) is 42.9 Å². The molecule has 0 bridgehead atoms. The van der Waals surface area contributed by atoms with Crippen molar-refractivity contribution in [1.82, 2.24) is 0 Å². The van der Waals surface area contributed by atoms with Crippen molar-refractivity contribution in [3.63, 3.8) is 0 Å². The molecule has 15 heavy (non-hydrogen) atoms. The van der Waals surface area contributed by atoms with Gasteiger partial charge in [0.1, 0.15) is 11.6 Å². The van der Waals surface area contributed by atoms with Crippen molar-refractivity contribution in [2.75, 3.05) is 0 Å². The van der Waals surface area contributed by atoms with Crippen LogP contribution in [0.25, 0.3) is 0 Å². The molecule has 2 N–H and O–H groups in total. The summed E-state index contributed by atoms with van der Waals surface area (Å²) in [5, 5.41) is 0. The van der Waals surface area contributed by atoms with Gasteiger partial charge in [0.05, 0.1) is 0 Å². The van der Waals surface area contributed by atoms with E-state index in [1.165, 1.54) is 6.07 Å². The van der Waals surface area contributed by atoms with Gasteiger partial charge < -0.3 is 5.73 Å². The lowest BCUT2D eigenvalue weighted by Crippen LogP contribution is -2.23. The molecule has 2 rings (SSSR count). The lowest BCUT2D eigenvalue weighted by Gasteiger charge is -2.28. The van der Waals surface area contributed by atoms with Crippen LogP contribution in [0.1, 0.15) is 48.4 Å². The molecule has 1 aromatic carbocycles. The Morgan fingerprint density at radius 1 is 1.27 bits per heavy atom. The Labute approximate surface area is 88.3 Å². The molecular formula is C12H15F2N. The van der Waals surface area contributed by atoms with Crippen LogP contribution in [0.2, 0.25) is 0 Å². The normalized spacial score (nSPS) is 25.1. The number of aryl methyl sites for hydroxylation is 1. The summed E-state index contributed by atoms with van der Waals surface area (Å²) in [6, 6.07) is 0.911. The summed E-state index contributed by atoms with van der Waals surface area (Å²) >= 11 is 0. The predicted molar refractivity (Wildman–Crippen MR) is 55.7 cm³/mol. The zero-order valence-corrected chi connectivity index (χ0v) is 8.98. The summed E-state index contributed by atoms with van der Waals surface area (Å²) < 4.78 is 27.6. The molecule has 0 saturated heterocycles. The fourth-order valence-corrected chi connectivity index (χ4v) is 2.37. The molecular weight excluding hydrogens is 196 g/mol. The molecule has 1 aliphatic carbocycles. The van der Waals surface area contributed by atoms with Crippen LogP contribution in [-0.2, 0) is 0 Å². The van der Waals surface area contributed by atoms with Gasteiger partial charge in [0.2, 0.25) is 0 Å². The highest BCUT2D eigenvalue weighted by Crippen LogP contribution is 2.39. The highest BCUT2D eigenvalue weighted by Gasteiger charge is 2.29. The van der Waals surface area contributed by atoms with Crippen molar-refractivity contribution in [2.45, 2.75) is 38.6 Å². The van der Waals surface area contributed by atoms with Gasteiger partial charge in [0, 0.05) is 11.6 Å². The molecule has 0 aromatic heterocycles. The molecule has 0 saturated carbocycles. The monoisotopic (exact) mass is 211 g/mol. The van der Waals surface area contributed by atoms with Crippen LogP contribution in [-0.4, -0.2) is 0 Å². The number of benzene rings is 1. The maximum atomic E-state index is 13.8. The van der Waals surface area contributed by atoms with Gasteiger partial charge in [0.25, 0.3) is 0 Å². The minimum atomic E-state index is -0.356. The number of fused-ring (bicyclic) bond motifs is 1. The third kappa shape index (κ3) is 1.55. The van der Waals surface area contributed by atoms with Crippen molar-refractivity contribution < 1.29 is 8.78 Å². The van der Waals surface area contributed by atoms with E-state index in [4.69, 9.17) is 5.73 Å². The third-order valence-corrected chi connectivity index (χ3v) is 3.25. The van der Waals surface area contributed by atoms with Gasteiger partial charge in [-0.2, -0.15) is 0 Å². The van der Waals surface area contributed by atoms with Crippen molar-refractivity contribution in [2.24, 2.45) is 5.73 Å². The van der Waals surface area contributed by atoms with E-state index in [9.17, 15) is 8.78 Å². The Morgan fingerprint density at radius 2 is 1.93 bits per heavy atom. The fraction of sp³-hybridized carbons (Fsp3) is 0.500. The van der Waals surface area contributed by atoms with Crippen LogP contribution in [0.15, 0.2) is 6.07 Å². The van der Waals surface area contributed by atoms with E-state index >= 15 is 0 Å². The maximum Gasteiger partial charge on any atom is 0.131 e. The molecule has 0 spiro atoms. The SMILES string of the molecule is Cc1cc(F)c2c(c1F)[C@H](N)CCC2C. The summed E-state index contributed by atoms with van der Waals surface area (Å²) in [5.74, 6) is -0.577. The molecule has 0 heterocycles. The van der Waals surface area contributed by atoms with E-state index < -0.39 is 0 Å². The second-order valence-corrected chi connectivity index (χ2v) is 4.40. The van der Waals surface area contributed by atoms with E-state index in [-0.39, 0.29) is 23.6 Å². The zero-order valence-electron chi connectivity index (χ0n) is 8.98. The standard InChI is InChI=1S/C12H15F2N/c1-6-3-4-9(15)11-10(6)8(13)5-7(2)12(11)14/h5-6,9H,3-4,15H2,1-2H3/t6?,9-/m1/s1. The minimum Gasteiger partial charge on any atom is -0.324 e. The largest absolute Gasteiger partial charge is 0.324 e. The van der Waals surface area contributed by atoms with Gasteiger partial charge in [-0.3, -0.25) is 0 Å². The van der Waals surface area contributed by atoms with Gasteiger partial charge in [-0.15, -0.1) is 0 Å². The highest BCUT2D eigenvalue weighted by molar-refractivity contribution is 5.40. The Balaban J connectivity index is 2.71. The lowest BCUT2D eigenvalue weighted by molar-refractivity contribution is 0.453. The molecule has 0 radical (unpaired) electrons. The topological polar surface area (TPSA) is 26.0 Å². The van der Waals surface area contributed by atoms with E-state index in [2.05, 4.69) is 0 Å². The quantitative estimate of drug-likeness (QED) is 0.700. The molecule has 0 aliphatic heterocycles. The first kappa shape index (κ1) is 10.6. The molecule has 3 heteroatoms. The molecule has 1 aromatic rings. The van der Waals surface area contributed by atoms with Gasteiger partial charge in [0.15, 0.2) is 0 Å². The predicted octanol–water partition coefficient (Wildman–Crippen LogP) is 3.17. The number of rotatable bonds is 0. The number of hydrogen-bond acceptors (Lipinski definition) is 1. The highest BCUT2D eigenvalue weighted by atomic mass is 19.1.